The summed E-state index contributed by atoms with van der Waals surface area (Å²) in [5.74, 6) is -0.0396. The summed E-state index contributed by atoms with van der Waals surface area (Å²) in [7, 11) is 0. The maximum atomic E-state index is 13.3. The number of rotatable bonds is 4. The molecule has 2 rings (SSSR count). The molecule has 0 aliphatic heterocycles. The predicted octanol–water partition coefficient (Wildman–Crippen LogP) is 4.95. The quantitative estimate of drug-likeness (QED) is 0.677. The number of hydrogen-bond acceptors (Lipinski definition) is 0. The Hall–Kier alpha value is -1.89. The molecule has 0 saturated carbocycles. The lowest BCUT2D eigenvalue weighted by Gasteiger charge is -2.14. The van der Waals surface area contributed by atoms with Gasteiger partial charge in [0.15, 0.2) is 0 Å². The van der Waals surface area contributed by atoms with Crippen molar-refractivity contribution in [3.8, 4) is 0 Å². The van der Waals surface area contributed by atoms with E-state index in [2.05, 4.69) is 38.6 Å². The molecule has 0 aliphatic carbocycles. The third kappa shape index (κ3) is 3.31. The first kappa shape index (κ1) is 13.5. The van der Waals surface area contributed by atoms with Crippen LogP contribution >= 0.6 is 0 Å². The molecule has 0 saturated heterocycles. The van der Waals surface area contributed by atoms with E-state index in [9.17, 15) is 4.39 Å². The largest absolute Gasteiger partial charge is 0.207 e. The fraction of sp³-hybridized carbons (Fsp3) is 0.222. The predicted molar refractivity (Wildman–Crippen MR) is 79.0 cm³/mol. The van der Waals surface area contributed by atoms with E-state index in [0.717, 1.165) is 12.0 Å². The van der Waals surface area contributed by atoms with Gasteiger partial charge in [-0.25, -0.2) is 4.39 Å². The molecule has 0 bridgehead atoms. The van der Waals surface area contributed by atoms with Crippen molar-refractivity contribution in [3.63, 3.8) is 0 Å². The molecule has 0 aromatic heterocycles. The smallest absolute Gasteiger partial charge is 0.123 e. The van der Waals surface area contributed by atoms with E-state index < -0.39 is 0 Å². The van der Waals surface area contributed by atoms with Gasteiger partial charge in [-0.3, -0.25) is 0 Å². The standard InChI is InChI=1S/C18H19F/c1-4-16(17-6-5-7-18(19)12-17)11-15-9-8-13(2)14(3)10-15/h4-10,12,16H,1,11H2,2-3H3. The molecule has 2 aromatic carbocycles. The lowest BCUT2D eigenvalue weighted by Crippen LogP contribution is -2.01. The lowest BCUT2D eigenvalue weighted by molar-refractivity contribution is 0.623. The molecule has 1 unspecified atom stereocenters. The van der Waals surface area contributed by atoms with Crippen LogP contribution < -0.4 is 0 Å². The Morgan fingerprint density at radius 3 is 2.53 bits per heavy atom. The third-order valence-corrected chi connectivity index (χ3v) is 3.59. The Labute approximate surface area is 114 Å². The van der Waals surface area contributed by atoms with Gasteiger partial charge < -0.3 is 0 Å². The topological polar surface area (TPSA) is 0 Å². The Morgan fingerprint density at radius 1 is 1.11 bits per heavy atom. The summed E-state index contributed by atoms with van der Waals surface area (Å²) >= 11 is 0. The van der Waals surface area contributed by atoms with Gasteiger partial charge in [-0.1, -0.05) is 36.4 Å². The fourth-order valence-corrected chi connectivity index (χ4v) is 2.26. The van der Waals surface area contributed by atoms with Crippen LogP contribution in [0.25, 0.3) is 0 Å². The van der Waals surface area contributed by atoms with E-state index in [1.165, 1.54) is 22.8 Å². The summed E-state index contributed by atoms with van der Waals surface area (Å²) in [6.07, 6.45) is 2.75. The van der Waals surface area contributed by atoms with Crippen molar-refractivity contribution < 1.29 is 4.39 Å². The zero-order chi connectivity index (χ0) is 13.8. The molecular formula is C18H19F. The molecule has 1 atom stereocenters. The molecule has 0 heterocycles. The maximum absolute atomic E-state index is 13.3. The van der Waals surface area contributed by atoms with Crippen molar-refractivity contribution in [3.05, 3.63) is 83.2 Å². The van der Waals surface area contributed by atoms with Crippen LogP contribution in [0.2, 0.25) is 0 Å². The molecule has 98 valence electrons. The van der Waals surface area contributed by atoms with Crippen LogP contribution in [0.15, 0.2) is 55.1 Å². The van der Waals surface area contributed by atoms with Gasteiger partial charge in [0.05, 0.1) is 0 Å². The van der Waals surface area contributed by atoms with Gasteiger partial charge in [0.1, 0.15) is 5.82 Å². The van der Waals surface area contributed by atoms with Gasteiger partial charge in [0.2, 0.25) is 0 Å². The van der Waals surface area contributed by atoms with Crippen LogP contribution in [0.1, 0.15) is 28.2 Å². The molecule has 0 fully saturated rings. The molecule has 0 N–H and O–H groups in total. The molecular weight excluding hydrogens is 235 g/mol. The van der Waals surface area contributed by atoms with Crippen LogP contribution in [-0.2, 0) is 6.42 Å². The molecule has 0 amide bonds. The van der Waals surface area contributed by atoms with Gasteiger partial charge in [0.25, 0.3) is 0 Å². The summed E-state index contributed by atoms with van der Waals surface area (Å²) in [5.41, 5.74) is 4.83. The van der Waals surface area contributed by atoms with Crippen molar-refractivity contribution in [2.75, 3.05) is 0 Å². The highest BCUT2D eigenvalue weighted by atomic mass is 19.1. The van der Waals surface area contributed by atoms with Crippen LogP contribution in [0.5, 0.6) is 0 Å². The van der Waals surface area contributed by atoms with Crippen molar-refractivity contribution in [2.45, 2.75) is 26.2 Å². The van der Waals surface area contributed by atoms with Gasteiger partial charge in [-0.15, -0.1) is 6.58 Å². The van der Waals surface area contributed by atoms with Crippen LogP contribution in [-0.4, -0.2) is 0 Å². The van der Waals surface area contributed by atoms with E-state index in [4.69, 9.17) is 0 Å². The Kier molecular flexibility index (Phi) is 4.16. The highest BCUT2D eigenvalue weighted by Gasteiger charge is 2.10. The minimum absolute atomic E-state index is 0.151. The minimum atomic E-state index is -0.190. The SMILES string of the molecule is C=CC(Cc1ccc(C)c(C)c1)c1cccc(F)c1. The maximum Gasteiger partial charge on any atom is 0.123 e. The normalized spacial score (nSPS) is 12.2. The zero-order valence-electron chi connectivity index (χ0n) is 11.5. The number of halogens is 1. The molecule has 0 spiro atoms. The second-order valence-corrected chi connectivity index (χ2v) is 5.02. The molecule has 0 nitrogen and oxygen atoms in total. The Morgan fingerprint density at radius 2 is 1.89 bits per heavy atom. The number of benzene rings is 2. The summed E-state index contributed by atoms with van der Waals surface area (Å²) in [6.45, 7) is 8.10. The van der Waals surface area contributed by atoms with E-state index in [1.54, 1.807) is 12.1 Å². The van der Waals surface area contributed by atoms with E-state index in [1.807, 2.05) is 12.1 Å². The Bertz CT molecular complexity index is 584. The van der Waals surface area contributed by atoms with Gasteiger partial charge in [0, 0.05) is 5.92 Å². The average Bonchev–Trinajstić information content (AvgIpc) is 2.40. The summed E-state index contributed by atoms with van der Waals surface area (Å²) in [5, 5.41) is 0. The molecule has 0 aliphatic rings. The van der Waals surface area contributed by atoms with Gasteiger partial charge in [-0.2, -0.15) is 0 Å². The first-order valence-electron chi connectivity index (χ1n) is 6.54. The number of hydrogen-bond donors (Lipinski definition) is 0. The third-order valence-electron chi connectivity index (χ3n) is 3.59. The second kappa shape index (κ2) is 5.83. The van der Waals surface area contributed by atoms with E-state index in [-0.39, 0.29) is 11.7 Å². The molecule has 19 heavy (non-hydrogen) atoms. The summed E-state index contributed by atoms with van der Waals surface area (Å²) in [6, 6.07) is 13.2. The number of aryl methyl sites for hydroxylation is 2. The first-order chi connectivity index (χ1) is 9.10. The minimum Gasteiger partial charge on any atom is -0.207 e. The zero-order valence-corrected chi connectivity index (χ0v) is 11.5. The van der Waals surface area contributed by atoms with Crippen LogP contribution in [0.3, 0.4) is 0 Å². The van der Waals surface area contributed by atoms with E-state index >= 15 is 0 Å². The number of allylic oxidation sites excluding steroid dienone is 1. The van der Waals surface area contributed by atoms with Gasteiger partial charge in [-0.05, 0) is 54.7 Å². The van der Waals surface area contributed by atoms with Crippen LogP contribution in [0.4, 0.5) is 4.39 Å². The van der Waals surface area contributed by atoms with Crippen molar-refractivity contribution in [1.29, 1.82) is 0 Å². The average molecular weight is 254 g/mol. The van der Waals surface area contributed by atoms with Crippen molar-refractivity contribution in [1.82, 2.24) is 0 Å². The highest BCUT2D eigenvalue weighted by molar-refractivity contribution is 5.33. The van der Waals surface area contributed by atoms with Crippen molar-refractivity contribution in [2.24, 2.45) is 0 Å². The molecule has 1 heteroatoms. The highest BCUT2D eigenvalue weighted by Crippen LogP contribution is 2.23. The lowest BCUT2D eigenvalue weighted by atomic mass is 9.91. The fourth-order valence-electron chi connectivity index (χ4n) is 2.26. The van der Waals surface area contributed by atoms with Crippen LogP contribution in [0, 0.1) is 19.7 Å². The van der Waals surface area contributed by atoms with Crippen molar-refractivity contribution >= 4 is 0 Å². The van der Waals surface area contributed by atoms with E-state index in [0.29, 0.717) is 0 Å². The molecule has 0 radical (unpaired) electrons. The first-order valence-corrected chi connectivity index (χ1v) is 6.54. The Balaban J connectivity index is 2.23. The molecule has 2 aromatic rings. The summed E-state index contributed by atoms with van der Waals surface area (Å²) in [4.78, 5) is 0. The monoisotopic (exact) mass is 254 g/mol. The summed E-state index contributed by atoms with van der Waals surface area (Å²) < 4.78 is 13.3. The van der Waals surface area contributed by atoms with Gasteiger partial charge >= 0.3 is 0 Å². The second-order valence-electron chi connectivity index (χ2n) is 5.02.